The van der Waals surface area contributed by atoms with Crippen LogP contribution in [-0.2, 0) is 9.59 Å². The lowest BCUT2D eigenvalue weighted by Gasteiger charge is -2.05. The van der Waals surface area contributed by atoms with E-state index in [2.05, 4.69) is 10.6 Å². The number of phenols is 1. The molecule has 0 fully saturated rings. The van der Waals surface area contributed by atoms with E-state index in [1.165, 1.54) is 24.3 Å². The van der Waals surface area contributed by atoms with Crippen molar-refractivity contribution in [2.45, 2.75) is 14.9 Å². The van der Waals surface area contributed by atoms with Crippen LogP contribution in [-0.4, -0.2) is 41.1 Å². The van der Waals surface area contributed by atoms with Gasteiger partial charge in [-0.05, 0) is 24.3 Å². The Bertz CT molecular complexity index is 456. The predicted molar refractivity (Wildman–Crippen MR) is 74.5 cm³/mol. The van der Waals surface area contributed by atoms with E-state index in [9.17, 15) is 14.4 Å². The van der Waals surface area contributed by atoms with E-state index in [0.717, 1.165) is 0 Å². The lowest BCUT2D eigenvalue weighted by molar-refractivity contribution is -0.137. The summed E-state index contributed by atoms with van der Waals surface area (Å²) in [5.41, 5.74) is 0.291. The van der Waals surface area contributed by atoms with Crippen LogP contribution in [0.3, 0.4) is 0 Å². The Labute approximate surface area is 117 Å². The molecule has 0 saturated heterocycles. The predicted octanol–water partition coefficient (Wildman–Crippen LogP) is 0.595. The Balaban J connectivity index is 0. The fourth-order valence-electron chi connectivity index (χ4n) is 1.11. The van der Waals surface area contributed by atoms with Crippen LogP contribution in [0.5, 0.6) is 5.75 Å². The molecule has 0 bridgehead atoms. The lowest BCUT2D eigenvalue weighted by Crippen LogP contribution is -2.38. The van der Waals surface area contributed by atoms with Crippen LogP contribution < -0.4 is 10.6 Å². The summed E-state index contributed by atoms with van der Waals surface area (Å²) in [6, 6.07) is 5.50. The smallest absolute Gasteiger partial charge is 0.322 e. The maximum absolute atomic E-state index is 11.5. The molecule has 0 atom stereocenters. The van der Waals surface area contributed by atoms with Gasteiger partial charge in [0.2, 0.25) is 5.91 Å². The van der Waals surface area contributed by atoms with E-state index in [1.54, 1.807) is 0 Å². The molecule has 1 aromatic rings. The average molecular weight is 284 g/mol. The van der Waals surface area contributed by atoms with Crippen molar-refractivity contribution in [3.05, 3.63) is 29.8 Å². The average Bonchev–Trinajstić information content (AvgIpc) is 2.34. The fourth-order valence-corrected chi connectivity index (χ4v) is 1.11. The fraction of sp³-hybridized carbons (Fsp3) is 0.308. The summed E-state index contributed by atoms with van der Waals surface area (Å²) in [5, 5.41) is 21.8. The molecule has 1 aromatic carbocycles. The van der Waals surface area contributed by atoms with Crippen molar-refractivity contribution in [1.29, 1.82) is 0 Å². The summed E-state index contributed by atoms with van der Waals surface area (Å²) in [7, 11) is 0. The minimum atomic E-state index is -1.16. The molecule has 0 aliphatic carbocycles. The minimum Gasteiger partial charge on any atom is -0.508 e. The first-order valence-electron chi connectivity index (χ1n) is 5.05. The second-order valence-electron chi connectivity index (χ2n) is 3.40. The first-order chi connectivity index (χ1) is 8.49. The van der Waals surface area contributed by atoms with Gasteiger partial charge in [-0.3, -0.25) is 14.4 Å². The van der Waals surface area contributed by atoms with Gasteiger partial charge in [0.05, 0.1) is 6.54 Å². The van der Waals surface area contributed by atoms with Crippen LogP contribution >= 0.6 is 0 Å². The maximum Gasteiger partial charge on any atom is 0.322 e. The summed E-state index contributed by atoms with van der Waals surface area (Å²) in [6.45, 7) is -0.805. The summed E-state index contributed by atoms with van der Waals surface area (Å²) in [6.07, 6.45) is 0. The van der Waals surface area contributed by atoms with Gasteiger partial charge in [-0.25, -0.2) is 0 Å². The van der Waals surface area contributed by atoms with Crippen LogP contribution in [0.15, 0.2) is 24.3 Å². The molecule has 4 N–H and O–H groups in total. The highest BCUT2D eigenvalue weighted by Gasteiger charge is 2.08. The molecule has 0 aliphatic heterocycles. The van der Waals surface area contributed by atoms with E-state index >= 15 is 0 Å². The number of rotatable bonds is 5. The first-order valence-corrected chi connectivity index (χ1v) is 5.05. The number of aliphatic carboxylic acids is 1. The highest BCUT2D eigenvalue weighted by molar-refractivity contribution is 5.96. The second kappa shape index (κ2) is 9.37. The largest absolute Gasteiger partial charge is 0.508 e. The molecule has 1 rings (SSSR count). The zero-order valence-electron chi connectivity index (χ0n) is 9.34. The topological polar surface area (TPSA) is 116 Å². The van der Waals surface area contributed by atoms with Crippen LogP contribution in [0.2, 0.25) is 0 Å². The van der Waals surface area contributed by atoms with Gasteiger partial charge in [0.1, 0.15) is 12.3 Å². The van der Waals surface area contributed by atoms with Crippen molar-refractivity contribution in [2.75, 3.05) is 13.1 Å². The summed E-state index contributed by atoms with van der Waals surface area (Å²) < 4.78 is 0. The van der Waals surface area contributed by atoms with Gasteiger partial charge in [0.15, 0.2) is 0 Å². The third kappa shape index (κ3) is 7.00. The maximum atomic E-state index is 11.5. The zero-order chi connectivity index (χ0) is 13.5. The van der Waals surface area contributed by atoms with Gasteiger partial charge < -0.3 is 20.8 Å². The molecule has 0 unspecified atom stereocenters. The van der Waals surface area contributed by atoms with Gasteiger partial charge >= 0.3 is 5.97 Å². The molecule has 0 aromatic heterocycles. The number of carboxylic acids is 1. The molecule has 112 valence electrons. The standard InChI is InChI=1S/C11H12N2O5.2CH4/c14-8-3-1-7(2-4-8)11(18)13-5-9(15)12-6-10(16)17;;/h1-4,14H,5-6H2,(H,12,15)(H,13,18)(H,16,17);2*1H4. The Morgan fingerprint density at radius 3 is 2.00 bits per heavy atom. The van der Waals surface area contributed by atoms with Crippen molar-refractivity contribution in [3.8, 4) is 5.75 Å². The Morgan fingerprint density at radius 2 is 1.50 bits per heavy atom. The van der Waals surface area contributed by atoms with E-state index in [4.69, 9.17) is 10.2 Å². The number of carbonyl (C=O) groups excluding carboxylic acids is 2. The quantitative estimate of drug-likeness (QED) is 0.631. The summed E-state index contributed by atoms with van der Waals surface area (Å²) >= 11 is 0. The van der Waals surface area contributed by atoms with E-state index in [0.29, 0.717) is 5.56 Å². The number of nitrogens with one attached hydrogen (secondary N) is 2. The number of benzene rings is 1. The molecule has 0 heterocycles. The molecule has 7 heteroatoms. The number of phenolic OH excluding ortho intramolecular Hbond substituents is 1. The lowest BCUT2D eigenvalue weighted by atomic mass is 10.2. The molecule has 0 spiro atoms. The summed E-state index contributed by atoms with van der Waals surface area (Å²) in [5.74, 6) is -2.20. The second-order valence-corrected chi connectivity index (χ2v) is 3.40. The van der Waals surface area contributed by atoms with Crippen molar-refractivity contribution in [3.63, 3.8) is 0 Å². The third-order valence-electron chi connectivity index (χ3n) is 1.98. The summed E-state index contributed by atoms with van der Waals surface area (Å²) in [4.78, 5) is 32.8. The molecule has 0 aliphatic rings. The normalized spacial score (nSPS) is 8.60. The molecule has 2 amide bonds. The van der Waals surface area contributed by atoms with E-state index in [1.807, 2.05) is 0 Å². The van der Waals surface area contributed by atoms with Gasteiger partial charge in [-0.1, -0.05) is 14.9 Å². The Kier molecular flexibility index (Phi) is 9.26. The van der Waals surface area contributed by atoms with Crippen LogP contribution in [0.4, 0.5) is 0 Å². The van der Waals surface area contributed by atoms with E-state index < -0.39 is 24.3 Å². The van der Waals surface area contributed by atoms with Crippen molar-refractivity contribution < 1.29 is 24.6 Å². The Hall–Kier alpha value is -2.57. The number of hydrogen-bond acceptors (Lipinski definition) is 4. The van der Waals surface area contributed by atoms with Crippen molar-refractivity contribution >= 4 is 17.8 Å². The van der Waals surface area contributed by atoms with E-state index in [-0.39, 0.29) is 27.1 Å². The molecule has 0 radical (unpaired) electrons. The van der Waals surface area contributed by atoms with Crippen molar-refractivity contribution in [1.82, 2.24) is 10.6 Å². The van der Waals surface area contributed by atoms with Crippen LogP contribution in [0.1, 0.15) is 25.2 Å². The van der Waals surface area contributed by atoms with Gasteiger partial charge in [-0.2, -0.15) is 0 Å². The highest BCUT2D eigenvalue weighted by Crippen LogP contribution is 2.09. The SMILES string of the molecule is C.C.O=C(O)CNC(=O)CNC(=O)c1ccc(O)cc1. The molecule has 20 heavy (non-hydrogen) atoms. The molecule has 0 saturated carbocycles. The van der Waals surface area contributed by atoms with Crippen molar-refractivity contribution in [2.24, 2.45) is 0 Å². The van der Waals surface area contributed by atoms with Crippen LogP contribution in [0.25, 0.3) is 0 Å². The van der Waals surface area contributed by atoms with Crippen LogP contribution in [0, 0.1) is 0 Å². The number of amides is 2. The highest BCUT2D eigenvalue weighted by atomic mass is 16.4. The number of hydrogen-bond donors (Lipinski definition) is 4. The van der Waals surface area contributed by atoms with Gasteiger partial charge in [0.25, 0.3) is 5.91 Å². The minimum absolute atomic E-state index is 0. The monoisotopic (exact) mass is 284 g/mol. The first kappa shape index (κ1) is 19.8. The molecule has 7 nitrogen and oxygen atoms in total. The molecular formula is C13H20N2O5. The zero-order valence-corrected chi connectivity index (χ0v) is 9.34. The third-order valence-corrected chi connectivity index (χ3v) is 1.98. The Morgan fingerprint density at radius 1 is 0.950 bits per heavy atom. The molecular weight excluding hydrogens is 264 g/mol. The van der Waals surface area contributed by atoms with Gasteiger partial charge in [-0.15, -0.1) is 0 Å². The van der Waals surface area contributed by atoms with Gasteiger partial charge in [0, 0.05) is 5.56 Å². The number of aromatic hydroxyl groups is 1. The number of carboxylic acid groups (broad SMARTS) is 1. The number of carbonyl (C=O) groups is 3.